The summed E-state index contributed by atoms with van der Waals surface area (Å²) in [6, 6.07) is 5.58. The molecule has 2 rings (SSSR count). The lowest BCUT2D eigenvalue weighted by molar-refractivity contribution is 0.914. The van der Waals surface area contributed by atoms with Gasteiger partial charge in [-0.25, -0.2) is 4.98 Å². The van der Waals surface area contributed by atoms with E-state index < -0.39 is 0 Å². The molecule has 0 bridgehead atoms. The van der Waals surface area contributed by atoms with Gasteiger partial charge >= 0.3 is 0 Å². The van der Waals surface area contributed by atoms with Crippen molar-refractivity contribution in [2.75, 3.05) is 5.73 Å². The number of nitrogens with two attached hydrogens (primary N) is 1. The zero-order chi connectivity index (χ0) is 10.7. The zero-order valence-electron chi connectivity index (χ0n) is 8.21. The number of aryl methyl sites for hydroxylation is 1. The summed E-state index contributed by atoms with van der Waals surface area (Å²) in [5.41, 5.74) is 7.50. The molecule has 0 aliphatic rings. The molecule has 2 N–H and O–H groups in total. The third-order valence-corrected chi connectivity index (χ3v) is 2.71. The molecule has 0 aliphatic carbocycles. The Bertz CT molecular complexity index is 472. The summed E-state index contributed by atoms with van der Waals surface area (Å²) < 4.78 is 0. The molecule has 0 saturated heterocycles. The van der Waals surface area contributed by atoms with E-state index in [1.807, 2.05) is 19.1 Å². The smallest absolute Gasteiger partial charge is 0.125 e. The minimum absolute atomic E-state index is 0.658. The monoisotopic (exact) mass is 218 g/mol. The summed E-state index contributed by atoms with van der Waals surface area (Å²) in [7, 11) is 0. The standard InChI is InChI=1S/C10H10N4S/c1-7-5-9(14-13-6-7)15-10-8(11)3-2-4-12-10/h2-6H,11H2,1H3. The first-order chi connectivity index (χ1) is 7.25. The van der Waals surface area contributed by atoms with Gasteiger partial charge in [-0.1, -0.05) is 0 Å². The first-order valence-corrected chi connectivity index (χ1v) is 5.25. The Balaban J connectivity index is 2.26. The Hall–Kier alpha value is -1.62. The number of pyridine rings is 1. The van der Waals surface area contributed by atoms with E-state index in [2.05, 4.69) is 15.2 Å². The average Bonchev–Trinajstić information content (AvgIpc) is 2.22. The minimum Gasteiger partial charge on any atom is -0.397 e. The Morgan fingerprint density at radius 2 is 2.27 bits per heavy atom. The highest BCUT2D eigenvalue weighted by atomic mass is 32.2. The number of nitrogen functional groups attached to an aromatic ring is 1. The van der Waals surface area contributed by atoms with E-state index in [0.717, 1.165) is 15.6 Å². The van der Waals surface area contributed by atoms with E-state index in [4.69, 9.17) is 5.73 Å². The highest BCUT2D eigenvalue weighted by Crippen LogP contribution is 2.27. The number of anilines is 1. The van der Waals surface area contributed by atoms with Crippen LogP contribution in [0, 0.1) is 6.92 Å². The van der Waals surface area contributed by atoms with Crippen molar-refractivity contribution in [1.29, 1.82) is 0 Å². The van der Waals surface area contributed by atoms with E-state index in [0.29, 0.717) is 5.69 Å². The third kappa shape index (κ3) is 2.44. The number of rotatable bonds is 2. The van der Waals surface area contributed by atoms with Crippen LogP contribution in [0.4, 0.5) is 5.69 Å². The molecule has 0 aromatic carbocycles. The van der Waals surface area contributed by atoms with Crippen LogP contribution in [-0.4, -0.2) is 15.2 Å². The van der Waals surface area contributed by atoms with Crippen molar-refractivity contribution < 1.29 is 0 Å². The van der Waals surface area contributed by atoms with Gasteiger partial charge in [-0.3, -0.25) is 0 Å². The predicted molar refractivity (Wildman–Crippen MR) is 59.5 cm³/mol. The fourth-order valence-corrected chi connectivity index (χ4v) is 1.91. The van der Waals surface area contributed by atoms with E-state index in [1.165, 1.54) is 11.8 Å². The van der Waals surface area contributed by atoms with Crippen LogP contribution in [0.5, 0.6) is 0 Å². The third-order valence-electron chi connectivity index (χ3n) is 1.77. The fourth-order valence-electron chi connectivity index (χ4n) is 1.08. The maximum absolute atomic E-state index is 5.77. The van der Waals surface area contributed by atoms with Gasteiger partial charge in [0.15, 0.2) is 0 Å². The second kappa shape index (κ2) is 4.27. The van der Waals surface area contributed by atoms with Crippen LogP contribution >= 0.6 is 11.8 Å². The molecule has 0 atom stereocenters. The Morgan fingerprint density at radius 3 is 3.00 bits per heavy atom. The topological polar surface area (TPSA) is 64.7 Å². The number of hydrogen-bond donors (Lipinski definition) is 1. The lowest BCUT2D eigenvalue weighted by Gasteiger charge is -2.02. The van der Waals surface area contributed by atoms with Crippen LogP contribution in [0.1, 0.15) is 5.56 Å². The molecule has 0 saturated carbocycles. The first-order valence-electron chi connectivity index (χ1n) is 4.43. The summed E-state index contributed by atoms with van der Waals surface area (Å²) in [5, 5.41) is 9.43. The van der Waals surface area contributed by atoms with Gasteiger partial charge < -0.3 is 5.73 Å². The SMILES string of the molecule is Cc1cnnc(Sc2ncccc2N)c1. The van der Waals surface area contributed by atoms with E-state index in [-0.39, 0.29) is 0 Å². The van der Waals surface area contributed by atoms with Crippen molar-refractivity contribution in [2.45, 2.75) is 17.0 Å². The van der Waals surface area contributed by atoms with Crippen LogP contribution in [-0.2, 0) is 0 Å². The lowest BCUT2D eigenvalue weighted by Crippen LogP contribution is -1.92. The molecule has 0 aliphatic heterocycles. The molecule has 0 unspecified atom stereocenters. The van der Waals surface area contributed by atoms with Gasteiger partial charge in [0.25, 0.3) is 0 Å². The Kier molecular flexibility index (Phi) is 2.82. The van der Waals surface area contributed by atoms with Crippen molar-refractivity contribution >= 4 is 17.4 Å². The highest BCUT2D eigenvalue weighted by Gasteiger charge is 2.04. The van der Waals surface area contributed by atoms with Crippen molar-refractivity contribution in [1.82, 2.24) is 15.2 Å². The van der Waals surface area contributed by atoms with Crippen molar-refractivity contribution in [2.24, 2.45) is 0 Å². The summed E-state index contributed by atoms with van der Waals surface area (Å²) in [5.74, 6) is 0. The molecule has 0 spiro atoms. The Morgan fingerprint density at radius 1 is 1.40 bits per heavy atom. The van der Waals surface area contributed by atoms with Crippen LogP contribution in [0.2, 0.25) is 0 Å². The molecule has 2 aromatic rings. The average molecular weight is 218 g/mol. The van der Waals surface area contributed by atoms with E-state index >= 15 is 0 Å². The fraction of sp³-hybridized carbons (Fsp3) is 0.100. The summed E-state index contributed by atoms with van der Waals surface area (Å²) >= 11 is 1.42. The predicted octanol–water partition coefficient (Wildman–Crippen LogP) is 1.91. The summed E-state index contributed by atoms with van der Waals surface area (Å²) in [6.07, 6.45) is 3.42. The summed E-state index contributed by atoms with van der Waals surface area (Å²) in [4.78, 5) is 4.17. The molecule has 5 heteroatoms. The van der Waals surface area contributed by atoms with Crippen LogP contribution < -0.4 is 5.73 Å². The molecule has 0 fully saturated rings. The van der Waals surface area contributed by atoms with Crippen molar-refractivity contribution in [3.05, 3.63) is 36.2 Å². The quantitative estimate of drug-likeness (QED) is 0.834. The maximum atomic E-state index is 5.77. The van der Waals surface area contributed by atoms with Gasteiger partial charge in [0, 0.05) is 6.20 Å². The first kappa shape index (κ1) is 9.92. The van der Waals surface area contributed by atoms with Gasteiger partial charge in [0.1, 0.15) is 10.1 Å². The van der Waals surface area contributed by atoms with Crippen molar-refractivity contribution in [3.8, 4) is 0 Å². The molecule has 76 valence electrons. The zero-order valence-corrected chi connectivity index (χ0v) is 9.03. The van der Waals surface area contributed by atoms with Gasteiger partial charge in [-0.05, 0) is 42.4 Å². The van der Waals surface area contributed by atoms with Crippen LogP contribution in [0.3, 0.4) is 0 Å². The molecule has 0 amide bonds. The van der Waals surface area contributed by atoms with Crippen LogP contribution in [0.15, 0.2) is 40.6 Å². The molecule has 0 radical (unpaired) electrons. The number of aromatic nitrogens is 3. The lowest BCUT2D eigenvalue weighted by atomic mass is 10.4. The molecule has 4 nitrogen and oxygen atoms in total. The van der Waals surface area contributed by atoms with Gasteiger partial charge in [-0.2, -0.15) is 5.10 Å². The van der Waals surface area contributed by atoms with Gasteiger partial charge in [-0.15, -0.1) is 5.10 Å². The number of nitrogens with zero attached hydrogens (tertiary/aromatic N) is 3. The second-order valence-corrected chi connectivity index (χ2v) is 4.08. The minimum atomic E-state index is 0.658. The highest BCUT2D eigenvalue weighted by molar-refractivity contribution is 7.99. The molecular weight excluding hydrogens is 208 g/mol. The normalized spacial score (nSPS) is 10.2. The Labute approximate surface area is 91.9 Å². The van der Waals surface area contributed by atoms with Crippen LogP contribution in [0.25, 0.3) is 0 Å². The van der Waals surface area contributed by atoms with Gasteiger partial charge in [0.05, 0.1) is 11.9 Å². The maximum Gasteiger partial charge on any atom is 0.125 e. The molecule has 2 heterocycles. The molecule has 15 heavy (non-hydrogen) atoms. The molecular formula is C10H10N4S. The summed E-state index contributed by atoms with van der Waals surface area (Å²) in [6.45, 7) is 1.97. The van der Waals surface area contributed by atoms with Crippen molar-refractivity contribution in [3.63, 3.8) is 0 Å². The van der Waals surface area contributed by atoms with E-state index in [9.17, 15) is 0 Å². The second-order valence-electron chi connectivity index (χ2n) is 3.07. The largest absolute Gasteiger partial charge is 0.397 e. The number of hydrogen-bond acceptors (Lipinski definition) is 5. The van der Waals surface area contributed by atoms with E-state index in [1.54, 1.807) is 18.5 Å². The van der Waals surface area contributed by atoms with Gasteiger partial charge in [0.2, 0.25) is 0 Å². The molecule has 2 aromatic heterocycles.